The Hall–Kier alpha value is -3.48. The van der Waals surface area contributed by atoms with Gasteiger partial charge in [-0.3, -0.25) is 19.4 Å². The van der Waals surface area contributed by atoms with E-state index in [4.69, 9.17) is 9.90 Å². The van der Waals surface area contributed by atoms with E-state index in [2.05, 4.69) is 10.3 Å². The Morgan fingerprint density at radius 1 is 1.03 bits per heavy atom. The molecule has 0 aliphatic carbocycles. The average molecular weight is 527 g/mol. The number of rotatable bonds is 5. The molecule has 0 spiro atoms. The second kappa shape index (κ2) is 12.0. The fourth-order valence-corrected chi connectivity index (χ4v) is 4.79. The summed E-state index contributed by atoms with van der Waals surface area (Å²) >= 11 is 1.39. The number of nitrogens with one attached hydrogen (secondary N) is 1. The molecular weight excluding hydrogens is 501 g/mol. The molecule has 4 heterocycles. The summed E-state index contributed by atoms with van der Waals surface area (Å²) in [5.41, 5.74) is 0.965. The minimum Gasteiger partial charge on any atom is -0.475 e. The number of hydrogen-bond acceptors (Lipinski definition) is 6. The fourth-order valence-electron chi connectivity index (χ4n) is 4.11. The zero-order valence-electron chi connectivity index (χ0n) is 19.1. The number of carboxylic acid groups (broad SMARTS) is 1. The first-order valence-electron chi connectivity index (χ1n) is 11.2. The lowest BCUT2D eigenvalue weighted by molar-refractivity contribution is -0.192. The number of carbonyl (C=O) groups is 4. The largest absolute Gasteiger partial charge is 0.490 e. The minimum absolute atomic E-state index is 0.0891. The second-order valence-electron chi connectivity index (χ2n) is 8.20. The lowest BCUT2D eigenvalue weighted by Gasteiger charge is -2.30. The predicted octanol–water partition coefficient (Wildman–Crippen LogP) is 2.69. The van der Waals surface area contributed by atoms with Crippen molar-refractivity contribution in [3.63, 3.8) is 0 Å². The van der Waals surface area contributed by atoms with Crippen molar-refractivity contribution in [2.24, 2.45) is 0 Å². The highest BCUT2D eigenvalue weighted by atomic mass is 32.1. The third-order valence-electron chi connectivity index (χ3n) is 5.83. The van der Waals surface area contributed by atoms with Crippen molar-refractivity contribution < 1.29 is 37.5 Å². The molecule has 9 nitrogen and oxygen atoms in total. The lowest BCUT2D eigenvalue weighted by atomic mass is 10.1. The number of carbonyl (C=O) groups excluding carboxylic acids is 3. The highest BCUT2D eigenvalue weighted by molar-refractivity contribution is 7.12. The summed E-state index contributed by atoms with van der Waals surface area (Å²) in [7, 11) is 0. The van der Waals surface area contributed by atoms with Crippen LogP contribution >= 0.6 is 11.3 Å². The van der Waals surface area contributed by atoms with Crippen LogP contribution in [0.2, 0.25) is 0 Å². The van der Waals surface area contributed by atoms with Gasteiger partial charge in [-0.05, 0) is 54.8 Å². The first-order valence-corrected chi connectivity index (χ1v) is 12.1. The van der Waals surface area contributed by atoms with Gasteiger partial charge in [-0.15, -0.1) is 11.3 Å². The normalized spacial score (nSPS) is 19.4. The molecular formula is C23H25F3N4O5S. The average Bonchev–Trinajstić information content (AvgIpc) is 3.63. The van der Waals surface area contributed by atoms with Crippen molar-refractivity contribution in [2.45, 2.75) is 50.5 Å². The Morgan fingerprint density at radius 2 is 1.64 bits per heavy atom. The number of alkyl halides is 3. The minimum atomic E-state index is -5.08. The number of nitrogens with zero attached hydrogens (tertiary/aromatic N) is 3. The van der Waals surface area contributed by atoms with Gasteiger partial charge >= 0.3 is 12.1 Å². The van der Waals surface area contributed by atoms with Gasteiger partial charge in [0.15, 0.2) is 0 Å². The standard InChI is InChI=1S/C21H24N4O3S.C2HF3O2/c26-19(23-14-15-7-9-22-10-8-15)16-4-1-11-24(16)20(27)17-5-2-12-25(17)21(28)18-6-3-13-29-18;3-2(4,5)1(6)7/h3,6-10,13,16-17H,1-2,4-5,11-12,14H2,(H,23,26);(H,6,7)/t16-,17+;/m0./s1. The van der Waals surface area contributed by atoms with Crippen molar-refractivity contribution >= 4 is 35.0 Å². The topological polar surface area (TPSA) is 120 Å². The molecule has 13 heteroatoms. The van der Waals surface area contributed by atoms with E-state index in [1.165, 1.54) is 11.3 Å². The maximum Gasteiger partial charge on any atom is 0.490 e. The number of aliphatic carboxylic acids is 1. The van der Waals surface area contributed by atoms with E-state index in [1.54, 1.807) is 28.3 Å². The van der Waals surface area contributed by atoms with Gasteiger partial charge in [0.25, 0.3) is 5.91 Å². The highest BCUT2D eigenvalue weighted by Crippen LogP contribution is 2.27. The summed E-state index contributed by atoms with van der Waals surface area (Å²) in [6.07, 6.45) is 1.20. The molecule has 194 valence electrons. The summed E-state index contributed by atoms with van der Waals surface area (Å²) in [4.78, 5) is 55.7. The Bertz CT molecular complexity index is 1070. The van der Waals surface area contributed by atoms with Gasteiger partial charge in [-0.1, -0.05) is 6.07 Å². The molecule has 4 rings (SSSR count). The molecule has 0 bridgehead atoms. The summed E-state index contributed by atoms with van der Waals surface area (Å²) in [6.45, 7) is 1.55. The first kappa shape index (κ1) is 27.1. The van der Waals surface area contributed by atoms with Crippen LogP contribution in [0.15, 0.2) is 42.0 Å². The number of likely N-dealkylation sites (tertiary alicyclic amines) is 2. The lowest BCUT2D eigenvalue weighted by Crippen LogP contribution is -2.52. The molecule has 2 atom stereocenters. The van der Waals surface area contributed by atoms with Gasteiger partial charge in [0.05, 0.1) is 4.88 Å². The Morgan fingerprint density at radius 3 is 2.22 bits per heavy atom. The molecule has 2 fully saturated rings. The molecule has 2 aromatic heterocycles. The number of amides is 3. The van der Waals surface area contributed by atoms with Crippen LogP contribution in [0.5, 0.6) is 0 Å². The molecule has 2 saturated heterocycles. The van der Waals surface area contributed by atoms with Crippen molar-refractivity contribution in [1.82, 2.24) is 20.1 Å². The molecule has 2 aromatic rings. The Kier molecular flexibility index (Phi) is 9.02. The third-order valence-corrected chi connectivity index (χ3v) is 6.69. The van der Waals surface area contributed by atoms with E-state index in [0.717, 1.165) is 18.4 Å². The van der Waals surface area contributed by atoms with Crippen LogP contribution in [0, 0.1) is 0 Å². The number of pyridine rings is 1. The molecule has 0 saturated carbocycles. The quantitative estimate of drug-likeness (QED) is 0.618. The van der Waals surface area contributed by atoms with E-state index < -0.39 is 24.2 Å². The molecule has 36 heavy (non-hydrogen) atoms. The smallest absolute Gasteiger partial charge is 0.475 e. The summed E-state index contributed by atoms with van der Waals surface area (Å²) in [5.74, 6) is -3.09. The molecule has 0 unspecified atom stereocenters. The zero-order valence-corrected chi connectivity index (χ0v) is 19.9. The van der Waals surface area contributed by atoms with Crippen molar-refractivity contribution in [3.8, 4) is 0 Å². The second-order valence-corrected chi connectivity index (χ2v) is 9.15. The number of thiophene rings is 1. The molecule has 2 aliphatic heterocycles. The summed E-state index contributed by atoms with van der Waals surface area (Å²) in [6, 6.07) is 6.39. The third kappa shape index (κ3) is 6.80. The van der Waals surface area contributed by atoms with E-state index in [1.807, 2.05) is 23.6 Å². The van der Waals surface area contributed by atoms with Gasteiger partial charge in [0, 0.05) is 32.0 Å². The van der Waals surface area contributed by atoms with E-state index >= 15 is 0 Å². The molecule has 0 aromatic carbocycles. The van der Waals surface area contributed by atoms with Crippen LogP contribution in [0.25, 0.3) is 0 Å². The van der Waals surface area contributed by atoms with E-state index in [0.29, 0.717) is 37.4 Å². The number of hydrogen-bond donors (Lipinski definition) is 2. The van der Waals surface area contributed by atoms with E-state index in [-0.39, 0.29) is 17.7 Å². The van der Waals surface area contributed by atoms with Crippen LogP contribution < -0.4 is 5.32 Å². The summed E-state index contributed by atoms with van der Waals surface area (Å²) < 4.78 is 31.7. The Balaban J connectivity index is 0.000000454. The van der Waals surface area contributed by atoms with Gasteiger partial charge in [0.1, 0.15) is 12.1 Å². The van der Waals surface area contributed by atoms with Crippen molar-refractivity contribution in [1.29, 1.82) is 0 Å². The van der Waals surface area contributed by atoms with Gasteiger partial charge in [-0.2, -0.15) is 13.2 Å². The molecule has 2 aliphatic rings. The predicted molar refractivity (Wildman–Crippen MR) is 123 cm³/mol. The van der Waals surface area contributed by atoms with Crippen LogP contribution in [-0.2, 0) is 20.9 Å². The number of halogens is 3. The van der Waals surface area contributed by atoms with Crippen molar-refractivity contribution in [2.75, 3.05) is 13.1 Å². The van der Waals surface area contributed by atoms with E-state index in [9.17, 15) is 27.6 Å². The van der Waals surface area contributed by atoms with Crippen LogP contribution in [0.4, 0.5) is 13.2 Å². The first-order chi connectivity index (χ1) is 17.1. The molecule has 0 radical (unpaired) electrons. The van der Waals surface area contributed by atoms with Gasteiger partial charge in [0.2, 0.25) is 11.8 Å². The van der Waals surface area contributed by atoms with Gasteiger partial charge < -0.3 is 20.2 Å². The zero-order chi connectivity index (χ0) is 26.3. The van der Waals surface area contributed by atoms with Crippen LogP contribution in [-0.4, -0.2) is 74.9 Å². The number of carboxylic acids is 1. The Labute approximate surface area is 208 Å². The maximum absolute atomic E-state index is 13.3. The molecule has 3 amide bonds. The maximum atomic E-state index is 13.3. The SMILES string of the molecule is O=C(NCc1ccncc1)[C@@H]1CCCN1C(=O)[C@H]1CCCN1C(=O)c1cccs1.O=C(O)C(F)(F)F. The van der Waals surface area contributed by atoms with Crippen LogP contribution in [0.1, 0.15) is 40.9 Å². The van der Waals surface area contributed by atoms with Crippen molar-refractivity contribution in [3.05, 3.63) is 52.5 Å². The monoisotopic (exact) mass is 526 g/mol. The highest BCUT2D eigenvalue weighted by Gasteiger charge is 2.42. The van der Waals surface area contributed by atoms with Crippen LogP contribution in [0.3, 0.4) is 0 Å². The number of aromatic nitrogens is 1. The van der Waals surface area contributed by atoms with Gasteiger partial charge in [-0.25, -0.2) is 4.79 Å². The fraction of sp³-hybridized carbons (Fsp3) is 0.435. The molecule has 2 N–H and O–H groups in total. The summed E-state index contributed by atoms with van der Waals surface area (Å²) in [5, 5.41) is 11.9.